The van der Waals surface area contributed by atoms with Crippen LogP contribution in [0.25, 0.3) is 0 Å². The second kappa shape index (κ2) is 16.3. The molecule has 0 bridgehead atoms. The topological polar surface area (TPSA) is 30.9 Å². The van der Waals surface area contributed by atoms with Gasteiger partial charge in [-0.15, -0.1) is 0 Å². The van der Waals surface area contributed by atoms with Crippen LogP contribution in [0, 0.1) is 0 Å². The molecule has 206 valence electrons. The molecule has 1 aliphatic carbocycles. The first kappa shape index (κ1) is 29.8. The van der Waals surface area contributed by atoms with Gasteiger partial charge in [0.1, 0.15) is 6.10 Å². The maximum absolute atomic E-state index is 6.94. The molecule has 1 fully saturated rings. The van der Waals surface area contributed by atoms with Gasteiger partial charge in [-0.3, -0.25) is 4.90 Å². The molecule has 4 heteroatoms. The summed E-state index contributed by atoms with van der Waals surface area (Å²) in [6.07, 6.45) is 11.5. The van der Waals surface area contributed by atoms with E-state index in [1.165, 1.54) is 49.7 Å². The number of likely N-dealkylation sites (N-methyl/N-ethyl adjacent to an activating group) is 1. The van der Waals surface area contributed by atoms with E-state index in [1.807, 2.05) is 0 Å². The lowest BCUT2D eigenvalue weighted by molar-refractivity contribution is -0.221. The van der Waals surface area contributed by atoms with Crippen LogP contribution >= 0.6 is 0 Å². The van der Waals surface area contributed by atoms with Crippen molar-refractivity contribution < 1.29 is 14.2 Å². The Hall–Kier alpha value is -1.72. The van der Waals surface area contributed by atoms with Crippen molar-refractivity contribution in [2.75, 3.05) is 13.7 Å². The molecule has 0 heterocycles. The summed E-state index contributed by atoms with van der Waals surface area (Å²) < 4.78 is 20.2. The van der Waals surface area contributed by atoms with E-state index >= 15 is 0 Å². The van der Waals surface area contributed by atoms with Crippen molar-refractivity contribution in [3.8, 4) is 0 Å². The zero-order chi connectivity index (χ0) is 26.3. The van der Waals surface area contributed by atoms with Crippen LogP contribution in [0.4, 0.5) is 0 Å². The monoisotopic (exact) mass is 509 g/mol. The van der Waals surface area contributed by atoms with Crippen LogP contribution in [0.3, 0.4) is 0 Å². The Morgan fingerprint density at radius 3 is 2.03 bits per heavy atom. The molecule has 2 aromatic rings. The van der Waals surface area contributed by atoms with Crippen LogP contribution in [0.2, 0.25) is 0 Å². The molecule has 1 saturated carbocycles. The Morgan fingerprint density at radius 2 is 1.41 bits per heavy atom. The zero-order valence-corrected chi connectivity index (χ0v) is 23.9. The summed E-state index contributed by atoms with van der Waals surface area (Å²) in [5, 5.41) is 0. The van der Waals surface area contributed by atoms with E-state index in [-0.39, 0.29) is 12.2 Å². The lowest BCUT2D eigenvalue weighted by Crippen LogP contribution is -2.58. The van der Waals surface area contributed by atoms with Crippen LogP contribution in [0.15, 0.2) is 60.7 Å². The SMILES string of the molecule is CCCCCCCO[C@@]1(N(C)C(C)CCCC)C[C@@H](OCc2ccccc2)C[C@H]1OCc1ccccc1. The van der Waals surface area contributed by atoms with Gasteiger partial charge in [0.25, 0.3) is 0 Å². The molecule has 0 radical (unpaired) electrons. The normalized spacial score (nSPS) is 22.5. The third-order valence-corrected chi connectivity index (χ3v) is 7.96. The molecule has 3 rings (SSSR count). The highest BCUT2D eigenvalue weighted by Gasteiger charge is 2.53. The fourth-order valence-electron chi connectivity index (χ4n) is 5.49. The van der Waals surface area contributed by atoms with Crippen molar-refractivity contribution in [2.45, 2.75) is 122 Å². The van der Waals surface area contributed by atoms with E-state index in [1.54, 1.807) is 0 Å². The average molecular weight is 510 g/mol. The highest BCUT2D eigenvalue weighted by atomic mass is 16.6. The van der Waals surface area contributed by atoms with Crippen LogP contribution in [-0.2, 0) is 27.4 Å². The minimum absolute atomic E-state index is 0.0433. The van der Waals surface area contributed by atoms with Crippen molar-refractivity contribution in [1.82, 2.24) is 4.90 Å². The molecule has 4 nitrogen and oxygen atoms in total. The van der Waals surface area contributed by atoms with Gasteiger partial charge in [0, 0.05) is 25.5 Å². The van der Waals surface area contributed by atoms with E-state index < -0.39 is 5.72 Å². The van der Waals surface area contributed by atoms with Crippen LogP contribution < -0.4 is 0 Å². The van der Waals surface area contributed by atoms with Gasteiger partial charge in [0.2, 0.25) is 0 Å². The third-order valence-electron chi connectivity index (χ3n) is 7.96. The number of hydrogen-bond acceptors (Lipinski definition) is 4. The zero-order valence-electron chi connectivity index (χ0n) is 23.9. The first-order valence-corrected chi connectivity index (χ1v) is 14.8. The molecule has 37 heavy (non-hydrogen) atoms. The number of ether oxygens (including phenoxy) is 3. The lowest BCUT2D eigenvalue weighted by atomic mass is 10.0. The Morgan fingerprint density at radius 1 is 0.811 bits per heavy atom. The van der Waals surface area contributed by atoms with Gasteiger partial charge in [0.15, 0.2) is 5.72 Å². The predicted molar refractivity (Wildman–Crippen MR) is 153 cm³/mol. The van der Waals surface area contributed by atoms with Gasteiger partial charge < -0.3 is 14.2 Å². The molecular weight excluding hydrogens is 458 g/mol. The molecule has 0 saturated heterocycles. The minimum Gasteiger partial charge on any atom is -0.373 e. The number of unbranched alkanes of at least 4 members (excludes halogenated alkanes) is 5. The predicted octanol–water partition coefficient (Wildman–Crippen LogP) is 8.14. The van der Waals surface area contributed by atoms with E-state index in [4.69, 9.17) is 14.2 Å². The number of nitrogens with zero attached hydrogens (tertiary/aromatic N) is 1. The average Bonchev–Trinajstić information content (AvgIpc) is 3.30. The highest BCUT2D eigenvalue weighted by molar-refractivity contribution is 5.15. The van der Waals surface area contributed by atoms with Crippen LogP contribution in [-0.4, -0.2) is 42.5 Å². The van der Waals surface area contributed by atoms with Gasteiger partial charge in [0.05, 0.1) is 19.3 Å². The smallest absolute Gasteiger partial charge is 0.150 e. The Labute approximate surface area is 226 Å². The molecule has 2 aromatic carbocycles. The van der Waals surface area contributed by atoms with Crippen LogP contribution in [0.1, 0.15) is 96.1 Å². The molecule has 4 atom stereocenters. The maximum atomic E-state index is 6.94. The second-order valence-corrected chi connectivity index (χ2v) is 10.9. The van der Waals surface area contributed by atoms with E-state index in [0.29, 0.717) is 19.3 Å². The van der Waals surface area contributed by atoms with Gasteiger partial charge in [-0.25, -0.2) is 0 Å². The van der Waals surface area contributed by atoms with Crippen molar-refractivity contribution >= 4 is 0 Å². The molecule has 0 spiro atoms. The largest absolute Gasteiger partial charge is 0.373 e. The van der Waals surface area contributed by atoms with Gasteiger partial charge in [-0.1, -0.05) is 113 Å². The Kier molecular flexibility index (Phi) is 13.1. The van der Waals surface area contributed by atoms with Gasteiger partial charge in [-0.2, -0.15) is 0 Å². The molecular formula is C33H51NO3. The van der Waals surface area contributed by atoms with Crippen molar-refractivity contribution in [1.29, 1.82) is 0 Å². The molecule has 1 aliphatic rings. The highest BCUT2D eigenvalue weighted by Crippen LogP contribution is 2.42. The summed E-state index contributed by atoms with van der Waals surface area (Å²) in [6.45, 7) is 8.86. The molecule has 0 amide bonds. The van der Waals surface area contributed by atoms with E-state index in [9.17, 15) is 0 Å². The van der Waals surface area contributed by atoms with Crippen molar-refractivity contribution in [3.05, 3.63) is 71.8 Å². The first-order valence-electron chi connectivity index (χ1n) is 14.8. The quantitative estimate of drug-likeness (QED) is 0.150. The fourth-order valence-corrected chi connectivity index (χ4v) is 5.49. The van der Waals surface area contributed by atoms with Gasteiger partial charge in [-0.05, 0) is 37.9 Å². The summed E-state index contributed by atoms with van der Waals surface area (Å²) in [7, 11) is 2.25. The van der Waals surface area contributed by atoms with Crippen molar-refractivity contribution in [3.63, 3.8) is 0 Å². The molecule has 0 aromatic heterocycles. The van der Waals surface area contributed by atoms with Crippen LogP contribution in [0.5, 0.6) is 0 Å². The number of rotatable bonds is 18. The standard InChI is InChI=1S/C33H51NO3/c1-5-7-9-10-17-23-37-33(34(4)28(3)18-8-6-2)25-31(35-26-29-19-13-11-14-20-29)24-32(33)36-27-30-21-15-12-16-22-30/h11-16,19-22,28,31-32H,5-10,17-18,23-27H2,1-4H3/t28?,31-,32+,33-/m0/s1. The minimum atomic E-state index is -0.478. The molecule has 0 N–H and O–H groups in total. The van der Waals surface area contributed by atoms with E-state index in [0.717, 1.165) is 32.3 Å². The lowest BCUT2D eigenvalue weighted by Gasteiger charge is -2.45. The molecule has 0 aliphatic heterocycles. The molecule has 1 unspecified atom stereocenters. The Balaban J connectivity index is 1.77. The maximum Gasteiger partial charge on any atom is 0.150 e. The third kappa shape index (κ3) is 9.21. The summed E-state index contributed by atoms with van der Waals surface area (Å²) in [5.41, 5.74) is 1.93. The summed E-state index contributed by atoms with van der Waals surface area (Å²) in [4.78, 5) is 2.48. The first-order chi connectivity index (χ1) is 18.1. The summed E-state index contributed by atoms with van der Waals surface area (Å²) in [5.74, 6) is 0. The summed E-state index contributed by atoms with van der Waals surface area (Å²) >= 11 is 0. The van der Waals surface area contributed by atoms with Crippen molar-refractivity contribution in [2.24, 2.45) is 0 Å². The second-order valence-electron chi connectivity index (χ2n) is 10.9. The van der Waals surface area contributed by atoms with E-state index in [2.05, 4.69) is 93.4 Å². The summed E-state index contributed by atoms with van der Waals surface area (Å²) in [6, 6.07) is 21.4. The van der Waals surface area contributed by atoms with Gasteiger partial charge >= 0.3 is 0 Å². The number of hydrogen-bond donors (Lipinski definition) is 0. The fraction of sp³-hybridized carbons (Fsp3) is 0.636. The Bertz CT molecular complexity index is 845. The number of benzene rings is 2.